The number of amidine groups is 1. The number of nitrogens with two attached hydrogens (primary N) is 2. The second-order valence-electron chi connectivity index (χ2n) is 6.86. The number of pyridine rings is 1. The Bertz CT molecular complexity index is 1200. The van der Waals surface area contributed by atoms with Crippen molar-refractivity contribution in [2.45, 2.75) is 13.0 Å². The second-order valence-corrected chi connectivity index (χ2v) is 7.68. The molecule has 1 heterocycles. The first-order valence-electron chi connectivity index (χ1n) is 9.71. The molecule has 0 aliphatic carbocycles. The molecule has 5 N–H and O–H groups in total. The van der Waals surface area contributed by atoms with Crippen LogP contribution in [0.5, 0.6) is 5.75 Å². The second kappa shape index (κ2) is 10.9. The molecule has 0 aliphatic heterocycles. The number of nitrogens with zero attached hydrogens (tertiary/aromatic N) is 2. The van der Waals surface area contributed by atoms with Crippen LogP contribution in [-0.2, 0) is 13.0 Å². The van der Waals surface area contributed by atoms with E-state index >= 15 is 0 Å². The van der Waals surface area contributed by atoms with E-state index in [1.54, 1.807) is 17.8 Å². The molecule has 32 heavy (non-hydrogen) atoms. The summed E-state index contributed by atoms with van der Waals surface area (Å²) in [6.07, 6.45) is 4.26. The van der Waals surface area contributed by atoms with Gasteiger partial charge in [0, 0.05) is 12.1 Å². The van der Waals surface area contributed by atoms with Crippen LogP contribution in [0.4, 0.5) is 0 Å². The fourth-order valence-electron chi connectivity index (χ4n) is 3.19. The lowest BCUT2D eigenvalue weighted by Gasteiger charge is -2.13. The van der Waals surface area contributed by atoms with Crippen molar-refractivity contribution in [1.82, 2.24) is 9.99 Å². The van der Waals surface area contributed by atoms with Gasteiger partial charge in [0.05, 0.1) is 17.8 Å². The van der Waals surface area contributed by atoms with Crippen LogP contribution >= 0.6 is 23.2 Å². The summed E-state index contributed by atoms with van der Waals surface area (Å²) in [4.78, 5) is 12.8. The van der Waals surface area contributed by atoms with Crippen LogP contribution in [0.15, 0.2) is 64.5 Å². The standard InChI is InChI=1S/C23H23Cl2N5O2/c1-32-18-4-2-3-16(13-18)7-10-21-19(24)14-20(25)23(31)30(21)12-11-15-5-8-17(9-6-15)22(28-26)29-27/h2-10,13-14H,11-12,26-27H2,1H3,(H,28,29)/b10-7+. The first kappa shape index (κ1) is 23.4. The molecule has 9 heteroatoms. The van der Waals surface area contributed by atoms with Gasteiger partial charge in [0.25, 0.3) is 5.56 Å². The quantitative estimate of drug-likeness (QED) is 0.211. The predicted molar refractivity (Wildman–Crippen MR) is 131 cm³/mol. The molecule has 0 spiro atoms. The number of hydrazine groups is 1. The summed E-state index contributed by atoms with van der Waals surface area (Å²) < 4.78 is 6.83. The molecule has 0 aliphatic rings. The molecule has 1 aromatic heterocycles. The molecule has 0 saturated carbocycles. The molecule has 7 nitrogen and oxygen atoms in total. The Balaban J connectivity index is 1.87. The number of aryl methyl sites for hydroxylation is 1. The van der Waals surface area contributed by atoms with Gasteiger partial charge < -0.3 is 20.6 Å². The highest BCUT2D eigenvalue weighted by Crippen LogP contribution is 2.22. The van der Waals surface area contributed by atoms with E-state index in [4.69, 9.17) is 39.6 Å². The van der Waals surface area contributed by atoms with Crippen LogP contribution in [0.3, 0.4) is 0 Å². The Kier molecular flexibility index (Phi) is 7.94. The molecule has 3 rings (SSSR count). The molecule has 2 aromatic carbocycles. The van der Waals surface area contributed by atoms with Crippen molar-refractivity contribution >= 4 is 41.2 Å². The van der Waals surface area contributed by atoms with Crippen molar-refractivity contribution in [1.29, 1.82) is 0 Å². The summed E-state index contributed by atoms with van der Waals surface area (Å²) in [5.74, 6) is 11.8. The molecule has 0 fully saturated rings. The van der Waals surface area contributed by atoms with E-state index in [1.807, 2.05) is 54.6 Å². The van der Waals surface area contributed by atoms with E-state index in [1.165, 1.54) is 6.07 Å². The van der Waals surface area contributed by atoms with Gasteiger partial charge in [-0.1, -0.05) is 65.7 Å². The topological polar surface area (TPSA) is 108 Å². The van der Waals surface area contributed by atoms with Crippen molar-refractivity contribution in [3.63, 3.8) is 0 Å². The highest BCUT2D eigenvalue weighted by molar-refractivity contribution is 6.35. The maximum atomic E-state index is 12.8. The number of hydrazone groups is 1. The lowest BCUT2D eigenvalue weighted by Crippen LogP contribution is -2.32. The first-order chi connectivity index (χ1) is 15.5. The number of rotatable bonds is 7. The number of aromatic nitrogens is 1. The first-order valence-corrected chi connectivity index (χ1v) is 10.5. The summed E-state index contributed by atoms with van der Waals surface area (Å²) in [6.45, 7) is 0.392. The summed E-state index contributed by atoms with van der Waals surface area (Å²) >= 11 is 12.6. The van der Waals surface area contributed by atoms with E-state index in [9.17, 15) is 4.79 Å². The van der Waals surface area contributed by atoms with E-state index in [0.29, 0.717) is 29.5 Å². The minimum absolute atomic E-state index is 0.0710. The van der Waals surface area contributed by atoms with Crippen LogP contribution in [0.1, 0.15) is 22.4 Å². The molecule has 0 amide bonds. The van der Waals surface area contributed by atoms with Crippen LogP contribution in [0.25, 0.3) is 12.2 Å². The summed E-state index contributed by atoms with van der Waals surface area (Å²) in [5, 5.41) is 4.05. The van der Waals surface area contributed by atoms with E-state index in [0.717, 1.165) is 22.4 Å². The third-order valence-electron chi connectivity index (χ3n) is 4.88. The SMILES string of the molecule is COc1cccc(/C=C/c2c(Cl)cc(Cl)c(=O)n2CCc2ccc(/C(=N/N)NN)cc2)c1. The van der Waals surface area contributed by atoms with Crippen molar-refractivity contribution in [3.05, 3.63) is 97.4 Å². The zero-order valence-electron chi connectivity index (χ0n) is 17.4. The molecule has 0 atom stereocenters. The zero-order chi connectivity index (χ0) is 23.1. The summed E-state index contributed by atoms with van der Waals surface area (Å²) in [5.41, 5.74) is 5.39. The lowest BCUT2D eigenvalue weighted by atomic mass is 10.1. The monoisotopic (exact) mass is 471 g/mol. The third kappa shape index (κ3) is 5.50. The fourth-order valence-corrected chi connectivity index (χ4v) is 3.73. The van der Waals surface area contributed by atoms with Crippen LogP contribution < -0.4 is 27.4 Å². The Labute approximate surface area is 195 Å². The maximum absolute atomic E-state index is 12.8. The van der Waals surface area contributed by atoms with Gasteiger partial charge >= 0.3 is 0 Å². The van der Waals surface area contributed by atoms with Gasteiger partial charge in [-0.25, -0.2) is 5.84 Å². The molecule has 166 valence electrons. The molecular weight excluding hydrogens is 449 g/mol. The molecule has 0 bridgehead atoms. The number of hydrogen-bond donors (Lipinski definition) is 3. The van der Waals surface area contributed by atoms with Gasteiger partial charge in [0.2, 0.25) is 0 Å². The highest BCUT2D eigenvalue weighted by atomic mass is 35.5. The Morgan fingerprint density at radius 1 is 1.12 bits per heavy atom. The summed E-state index contributed by atoms with van der Waals surface area (Å²) in [7, 11) is 1.61. The van der Waals surface area contributed by atoms with E-state index in [2.05, 4.69) is 10.5 Å². The molecular formula is C23H23Cl2N5O2. The maximum Gasteiger partial charge on any atom is 0.269 e. The average Bonchev–Trinajstić information content (AvgIpc) is 2.81. The third-order valence-corrected chi connectivity index (χ3v) is 5.46. The lowest BCUT2D eigenvalue weighted by molar-refractivity contribution is 0.414. The fraction of sp³-hybridized carbons (Fsp3) is 0.130. The van der Waals surface area contributed by atoms with Gasteiger partial charge in [0.1, 0.15) is 10.8 Å². The van der Waals surface area contributed by atoms with Gasteiger partial charge in [0.15, 0.2) is 5.84 Å². The molecule has 0 saturated heterocycles. The van der Waals surface area contributed by atoms with E-state index < -0.39 is 0 Å². The number of halogens is 2. The molecule has 3 aromatic rings. The smallest absolute Gasteiger partial charge is 0.269 e. The van der Waals surface area contributed by atoms with Crippen molar-refractivity contribution in [3.8, 4) is 5.75 Å². The minimum atomic E-state index is -0.303. The Hall–Kier alpha value is -3.26. The molecule has 0 unspecified atom stereocenters. The molecule has 0 radical (unpaired) electrons. The van der Waals surface area contributed by atoms with Crippen molar-refractivity contribution in [2.24, 2.45) is 16.8 Å². The van der Waals surface area contributed by atoms with Gasteiger partial charge in [-0.2, -0.15) is 5.10 Å². The largest absolute Gasteiger partial charge is 0.497 e. The number of hydrogen-bond acceptors (Lipinski definition) is 5. The summed E-state index contributed by atoms with van der Waals surface area (Å²) in [6, 6.07) is 16.6. The van der Waals surface area contributed by atoms with Crippen LogP contribution in [0, 0.1) is 0 Å². The van der Waals surface area contributed by atoms with Crippen molar-refractivity contribution < 1.29 is 4.74 Å². The van der Waals surface area contributed by atoms with Gasteiger partial charge in [-0.3, -0.25) is 4.79 Å². The highest BCUT2D eigenvalue weighted by Gasteiger charge is 2.11. The zero-order valence-corrected chi connectivity index (χ0v) is 18.9. The van der Waals surface area contributed by atoms with Crippen molar-refractivity contribution in [2.75, 3.05) is 7.11 Å². The minimum Gasteiger partial charge on any atom is -0.497 e. The number of methoxy groups -OCH3 is 1. The number of ether oxygens (including phenoxy) is 1. The number of nitrogens with one attached hydrogen (secondary N) is 1. The average molecular weight is 472 g/mol. The normalized spacial score (nSPS) is 11.7. The predicted octanol–water partition coefficient (Wildman–Crippen LogP) is 3.66. The van der Waals surface area contributed by atoms with E-state index in [-0.39, 0.29) is 10.6 Å². The van der Waals surface area contributed by atoms with Gasteiger partial charge in [-0.05, 0) is 41.8 Å². The number of benzene rings is 2. The van der Waals surface area contributed by atoms with Crippen LogP contribution in [0.2, 0.25) is 10.0 Å². The van der Waals surface area contributed by atoms with Crippen LogP contribution in [-0.4, -0.2) is 17.5 Å². The van der Waals surface area contributed by atoms with Gasteiger partial charge in [-0.15, -0.1) is 0 Å². The Morgan fingerprint density at radius 3 is 2.53 bits per heavy atom. The Morgan fingerprint density at radius 2 is 1.88 bits per heavy atom.